The average Bonchev–Trinajstić information content (AvgIpc) is 2.79. The van der Waals surface area contributed by atoms with E-state index < -0.39 is 0 Å². The Hall–Kier alpha value is -3.12. The van der Waals surface area contributed by atoms with Gasteiger partial charge in [-0.05, 0) is 74.6 Å². The first-order chi connectivity index (χ1) is 15.1. The first-order valence-corrected chi connectivity index (χ1v) is 10.9. The number of rotatable bonds is 7. The van der Waals surface area contributed by atoms with Crippen molar-refractivity contribution in [1.29, 1.82) is 0 Å². The maximum atomic E-state index is 12.7. The van der Waals surface area contributed by atoms with E-state index in [1.54, 1.807) is 12.3 Å². The molecule has 6 heteroatoms. The molecule has 1 aromatic heterocycles. The van der Waals surface area contributed by atoms with Gasteiger partial charge < -0.3 is 20.5 Å². The summed E-state index contributed by atoms with van der Waals surface area (Å²) in [6.07, 6.45) is 5.58. The van der Waals surface area contributed by atoms with Gasteiger partial charge in [-0.15, -0.1) is 0 Å². The predicted molar refractivity (Wildman–Crippen MR) is 122 cm³/mol. The van der Waals surface area contributed by atoms with E-state index in [4.69, 9.17) is 15.2 Å². The molecule has 6 nitrogen and oxygen atoms in total. The smallest absolute Gasteiger partial charge is 0.251 e. The number of nitrogens with zero attached hydrogens (tertiary/aromatic N) is 1. The number of carbonyl (C=O) groups excluding carboxylic acids is 1. The second-order valence-electron chi connectivity index (χ2n) is 8.04. The minimum absolute atomic E-state index is 0.0657. The van der Waals surface area contributed by atoms with Crippen LogP contribution in [0.15, 0.2) is 54.7 Å². The van der Waals surface area contributed by atoms with Crippen molar-refractivity contribution >= 4 is 16.8 Å². The lowest BCUT2D eigenvalue weighted by Crippen LogP contribution is -2.39. The molecule has 1 aliphatic rings. The second kappa shape index (κ2) is 9.79. The molecular formula is C25H29N3O3. The first kappa shape index (κ1) is 21.1. The van der Waals surface area contributed by atoms with Crippen molar-refractivity contribution in [3.8, 4) is 11.5 Å². The molecule has 1 aliphatic carbocycles. The van der Waals surface area contributed by atoms with Crippen molar-refractivity contribution in [2.75, 3.05) is 13.2 Å². The van der Waals surface area contributed by atoms with Gasteiger partial charge in [-0.25, -0.2) is 0 Å². The number of pyridine rings is 1. The summed E-state index contributed by atoms with van der Waals surface area (Å²) >= 11 is 0. The number of ether oxygens (including phenoxy) is 2. The number of hydrogen-bond acceptors (Lipinski definition) is 5. The van der Waals surface area contributed by atoms with Crippen LogP contribution in [0.3, 0.4) is 0 Å². The zero-order valence-electron chi connectivity index (χ0n) is 17.8. The van der Waals surface area contributed by atoms with E-state index in [-0.39, 0.29) is 18.1 Å². The Morgan fingerprint density at radius 3 is 2.77 bits per heavy atom. The van der Waals surface area contributed by atoms with Gasteiger partial charge in [-0.2, -0.15) is 0 Å². The fraction of sp³-hybridized carbons (Fsp3) is 0.360. The number of hydrogen-bond donors (Lipinski definition) is 2. The molecule has 0 spiro atoms. The van der Waals surface area contributed by atoms with Crippen LogP contribution in [-0.4, -0.2) is 36.2 Å². The Balaban J connectivity index is 1.30. The molecule has 0 unspecified atom stereocenters. The molecule has 0 radical (unpaired) electrons. The first-order valence-electron chi connectivity index (χ1n) is 10.9. The van der Waals surface area contributed by atoms with Gasteiger partial charge in [0, 0.05) is 29.7 Å². The average molecular weight is 420 g/mol. The molecule has 0 saturated heterocycles. The SMILES string of the molecule is Cc1ccc(C(=O)NC2CCC(Oc3ccc4ncccc4c3)CC2)cc1OCCN. The molecule has 2 aromatic carbocycles. The minimum atomic E-state index is -0.0657. The van der Waals surface area contributed by atoms with Gasteiger partial charge in [0.05, 0.1) is 11.6 Å². The zero-order chi connectivity index (χ0) is 21.6. The normalized spacial score (nSPS) is 18.5. The van der Waals surface area contributed by atoms with Crippen molar-refractivity contribution in [2.24, 2.45) is 5.73 Å². The zero-order valence-corrected chi connectivity index (χ0v) is 17.8. The molecule has 1 amide bonds. The molecule has 0 aliphatic heterocycles. The van der Waals surface area contributed by atoms with Crippen LogP contribution in [0.25, 0.3) is 10.9 Å². The number of nitrogens with one attached hydrogen (secondary N) is 1. The number of nitrogens with two attached hydrogens (primary N) is 1. The summed E-state index contributed by atoms with van der Waals surface area (Å²) in [6, 6.07) is 15.7. The lowest BCUT2D eigenvalue weighted by molar-refractivity contribution is 0.0893. The van der Waals surface area contributed by atoms with E-state index in [9.17, 15) is 4.79 Å². The topological polar surface area (TPSA) is 86.5 Å². The van der Waals surface area contributed by atoms with Crippen molar-refractivity contribution in [2.45, 2.75) is 44.8 Å². The van der Waals surface area contributed by atoms with Crippen molar-refractivity contribution in [1.82, 2.24) is 10.3 Å². The third-order valence-electron chi connectivity index (χ3n) is 5.71. The van der Waals surface area contributed by atoms with Crippen LogP contribution in [0.5, 0.6) is 11.5 Å². The molecule has 4 rings (SSSR count). The highest BCUT2D eigenvalue weighted by atomic mass is 16.5. The molecular weight excluding hydrogens is 390 g/mol. The van der Waals surface area contributed by atoms with E-state index in [1.165, 1.54) is 0 Å². The van der Waals surface area contributed by atoms with Crippen LogP contribution in [0.1, 0.15) is 41.6 Å². The van der Waals surface area contributed by atoms with E-state index in [0.717, 1.165) is 47.9 Å². The molecule has 31 heavy (non-hydrogen) atoms. The summed E-state index contributed by atoms with van der Waals surface area (Å²) in [6.45, 7) is 2.84. The monoisotopic (exact) mass is 419 g/mol. The van der Waals surface area contributed by atoms with Crippen molar-refractivity contribution < 1.29 is 14.3 Å². The maximum Gasteiger partial charge on any atom is 0.251 e. The summed E-state index contributed by atoms with van der Waals surface area (Å²) in [5, 5.41) is 4.24. The molecule has 3 N–H and O–H groups in total. The summed E-state index contributed by atoms with van der Waals surface area (Å²) in [5.74, 6) is 1.52. The minimum Gasteiger partial charge on any atom is -0.492 e. The number of aryl methyl sites for hydroxylation is 1. The highest BCUT2D eigenvalue weighted by molar-refractivity contribution is 5.95. The van der Waals surface area contributed by atoms with Crippen LogP contribution >= 0.6 is 0 Å². The van der Waals surface area contributed by atoms with Gasteiger partial charge in [0.1, 0.15) is 18.1 Å². The number of benzene rings is 2. The lowest BCUT2D eigenvalue weighted by atomic mass is 9.92. The Morgan fingerprint density at radius 1 is 1.13 bits per heavy atom. The van der Waals surface area contributed by atoms with Gasteiger partial charge in [0.2, 0.25) is 0 Å². The number of fused-ring (bicyclic) bond motifs is 1. The molecule has 1 saturated carbocycles. The molecule has 0 bridgehead atoms. The summed E-state index contributed by atoms with van der Waals surface area (Å²) in [7, 11) is 0. The number of aromatic nitrogens is 1. The fourth-order valence-electron chi connectivity index (χ4n) is 3.98. The van der Waals surface area contributed by atoms with Crippen molar-refractivity contribution in [3.63, 3.8) is 0 Å². The summed E-state index contributed by atoms with van der Waals surface area (Å²) in [5.41, 5.74) is 8.09. The fourth-order valence-corrected chi connectivity index (χ4v) is 3.98. The molecule has 162 valence electrons. The van der Waals surface area contributed by atoms with Gasteiger partial charge in [0.25, 0.3) is 5.91 Å². The van der Waals surface area contributed by atoms with Crippen LogP contribution in [-0.2, 0) is 0 Å². The highest BCUT2D eigenvalue weighted by Crippen LogP contribution is 2.26. The molecule has 0 atom stereocenters. The molecule has 1 heterocycles. The maximum absolute atomic E-state index is 12.7. The predicted octanol–water partition coefficient (Wildman–Crippen LogP) is 4.00. The Bertz CT molecular complexity index is 1050. The number of carbonyl (C=O) groups is 1. The Kier molecular flexibility index (Phi) is 6.67. The number of amides is 1. The second-order valence-corrected chi connectivity index (χ2v) is 8.04. The van der Waals surface area contributed by atoms with Gasteiger partial charge >= 0.3 is 0 Å². The van der Waals surface area contributed by atoms with Crippen molar-refractivity contribution in [3.05, 3.63) is 65.9 Å². The highest BCUT2D eigenvalue weighted by Gasteiger charge is 2.24. The van der Waals surface area contributed by atoms with Gasteiger partial charge in [0.15, 0.2) is 0 Å². The largest absolute Gasteiger partial charge is 0.492 e. The molecule has 1 fully saturated rings. The molecule has 3 aromatic rings. The Morgan fingerprint density at radius 2 is 1.97 bits per heavy atom. The van der Waals surface area contributed by atoms with Crippen LogP contribution in [0, 0.1) is 6.92 Å². The van der Waals surface area contributed by atoms with Crippen LogP contribution < -0.4 is 20.5 Å². The van der Waals surface area contributed by atoms with E-state index in [0.29, 0.717) is 24.5 Å². The summed E-state index contributed by atoms with van der Waals surface area (Å²) in [4.78, 5) is 17.1. The standard InChI is InChI=1S/C25H29N3O3/c1-17-4-5-19(16-24(17)30-14-12-26)25(29)28-20-6-8-21(9-7-20)31-22-10-11-23-18(15-22)3-2-13-27-23/h2-5,10-11,13,15-16,20-21H,6-9,12,14,26H2,1H3,(H,28,29). The quantitative estimate of drug-likeness (QED) is 0.604. The van der Waals surface area contributed by atoms with E-state index in [2.05, 4.69) is 10.3 Å². The third kappa shape index (κ3) is 5.33. The lowest BCUT2D eigenvalue weighted by Gasteiger charge is -2.29. The van der Waals surface area contributed by atoms with E-state index >= 15 is 0 Å². The Labute approximate surface area is 182 Å². The summed E-state index contributed by atoms with van der Waals surface area (Å²) < 4.78 is 11.8. The third-order valence-corrected chi connectivity index (χ3v) is 5.71. The van der Waals surface area contributed by atoms with Gasteiger partial charge in [-0.3, -0.25) is 9.78 Å². The van der Waals surface area contributed by atoms with Crippen LogP contribution in [0.2, 0.25) is 0 Å². The van der Waals surface area contributed by atoms with Crippen LogP contribution in [0.4, 0.5) is 0 Å². The van der Waals surface area contributed by atoms with E-state index in [1.807, 2.05) is 49.4 Å². The van der Waals surface area contributed by atoms with Gasteiger partial charge in [-0.1, -0.05) is 12.1 Å².